The molecule has 0 saturated heterocycles. The fourth-order valence-corrected chi connectivity index (χ4v) is 4.38. The van der Waals surface area contributed by atoms with E-state index in [-0.39, 0.29) is 16.6 Å². The van der Waals surface area contributed by atoms with Crippen molar-refractivity contribution in [1.29, 1.82) is 0 Å². The highest BCUT2D eigenvalue weighted by molar-refractivity contribution is 7.89. The SMILES string of the molecule is CN(Cc1ccccc1)S(=O)(=O)c1ccc(NC(=S)NC(=O)c2ccccc2Cl)cc1. The number of anilines is 1. The summed E-state index contributed by atoms with van der Waals surface area (Å²) in [6.45, 7) is 0.265. The Balaban J connectivity index is 1.63. The molecular weight excluding hydrogens is 454 g/mol. The third-order valence-corrected chi connectivity index (χ3v) is 6.77. The zero-order chi connectivity index (χ0) is 22.4. The first-order valence-electron chi connectivity index (χ1n) is 9.24. The van der Waals surface area contributed by atoms with E-state index in [0.717, 1.165) is 5.56 Å². The van der Waals surface area contributed by atoms with Crippen molar-refractivity contribution < 1.29 is 13.2 Å². The van der Waals surface area contributed by atoms with Crippen LogP contribution in [-0.2, 0) is 16.6 Å². The van der Waals surface area contributed by atoms with Crippen LogP contribution in [0.2, 0.25) is 5.02 Å². The molecule has 0 aromatic heterocycles. The molecule has 31 heavy (non-hydrogen) atoms. The van der Waals surface area contributed by atoms with Crippen molar-refractivity contribution in [2.24, 2.45) is 0 Å². The highest BCUT2D eigenvalue weighted by Crippen LogP contribution is 2.19. The fourth-order valence-electron chi connectivity index (χ4n) is 2.79. The van der Waals surface area contributed by atoms with Crippen molar-refractivity contribution >= 4 is 50.5 Å². The molecule has 2 N–H and O–H groups in total. The molecule has 0 heterocycles. The molecule has 9 heteroatoms. The topological polar surface area (TPSA) is 78.5 Å². The first-order chi connectivity index (χ1) is 14.8. The molecule has 0 aliphatic heterocycles. The smallest absolute Gasteiger partial charge is 0.258 e. The van der Waals surface area contributed by atoms with Crippen molar-refractivity contribution in [3.05, 3.63) is 95.0 Å². The van der Waals surface area contributed by atoms with Gasteiger partial charge in [-0.2, -0.15) is 4.31 Å². The number of carbonyl (C=O) groups is 1. The number of amides is 1. The van der Waals surface area contributed by atoms with Crippen LogP contribution < -0.4 is 10.6 Å². The number of sulfonamides is 1. The van der Waals surface area contributed by atoms with E-state index in [4.69, 9.17) is 23.8 Å². The molecule has 160 valence electrons. The first kappa shape index (κ1) is 22.9. The van der Waals surface area contributed by atoms with Gasteiger partial charge in [0, 0.05) is 19.3 Å². The van der Waals surface area contributed by atoms with Gasteiger partial charge in [0.25, 0.3) is 5.91 Å². The molecule has 6 nitrogen and oxygen atoms in total. The van der Waals surface area contributed by atoms with E-state index in [2.05, 4.69) is 10.6 Å². The van der Waals surface area contributed by atoms with Crippen LogP contribution >= 0.6 is 23.8 Å². The molecule has 1 amide bonds. The minimum Gasteiger partial charge on any atom is -0.332 e. The Morgan fingerprint density at radius 2 is 1.58 bits per heavy atom. The highest BCUT2D eigenvalue weighted by Gasteiger charge is 2.21. The van der Waals surface area contributed by atoms with Crippen LogP contribution in [0.1, 0.15) is 15.9 Å². The molecule has 0 atom stereocenters. The summed E-state index contributed by atoms with van der Waals surface area (Å²) in [6.07, 6.45) is 0. The summed E-state index contributed by atoms with van der Waals surface area (Å²) >= 11 is 11.2. The summed E-state index contributed by atoms with van der Waals surface area (Å²) in [7, 11) is -2.12. The summed E-state index contributed by atoms with van der Waals surface area (Å²) in [5, 5.41) is 5.79. The molecule has 0 bridgehead atoms. The monoisotopic (exact) mass is 473 g/mol. The molecule has 3 aromatic carbocycles. The molecule has 3 aromatic rings. The third-order valence-electron chi connectivity index (χ3n) is 4.41. The summed E-state index contributed by atoms with van der Waals surface area (Å²) < 4.78 is 26.9. The predicted octanol–water partition coefficient (Wildman–Crippen LogP) is 4.29. The van der Waals surface area contributed by atoms with E-state index in [0.29, 0.717) is 16.3 Å². The van der Waals surface area contributed by atoms with Crippen LogP contribution in [0.4, 0.5) is 5.69 Å². The Hall–Kier alpha value is -2.78. The number of nitrogens with one attached hydrogen (secondary N) is 2. The van der Waals surface area contributed by atoms with Crippen LogP contribution in [0, 0.1) is 0 Å². The van der Waals surface area contributed by atoms with E-state index >= 15 is 0 Å². The zero-order valence-electron chi connectivity index (χ0n) is 16.6. The third kappa shape index (κ3) is 5.89. The number of rotatable bonds is 6. The van der Waals surface area contributed by atoms with Gasteiger partial charge >= 0.3 is 0 Å². The molecule has 0 spiro atoms. The lowest BCUT2D eigenvalue weighted by molar-refractivity contribution is 0.0978. The predicted molar refractivity (Wildman–Crippen MR) is 127 cm³/mol. The van der Waals surface area contributed by atoms with Crippen LogP contribution in [0.25, 0.3) is 0 Å². The minimum atomic E-state index is -3.65. The second-order valence-electron chi connectivity index (χ2n) is 6.66. The Bertz CT molecular complexity index is 1180. The van der Waals surface area contributed by atoms with Crippen LogP contribution in [0.15, 0.2) is 83.8 Å². The van der Waals surface area contributed by atoms with Crippen LogP contribution in [0.5, 0.6) is 0 Å². The molecule has 0 radical (unpaired) electrons. The number of hydrogen-bond acceptors (Lipinski definition) is 4. The van der Waals surface area contributed by atoms with Gasteiger partial charge in [0.15, 0.2) is 5.11 Å². The number of benzene rings is 3. The van der Waals surface area contributed by atoms with Crippen molar-refractivity contribution in [2.75, 3.05) is 12.4 Å². The minimum absolute atomic E-state index is 0.0710. The molecular formula is C22H20ClN3O3S2. The molecule has 0 fully saturated rings. The van der Waals surface area contributed by atoms with Gasteiger partial charge in [-0.05, 0) is 54.2 Å². The molecule has 0 unspecified atom stereocenters. The van der Waals surface area contributed by atoms with Gasteiger partial charge in [-0.25, -0.2) is 8.42 Å². The lowest BCUT2D eigenvalue weighted by atomic mass is 10.2. The van der Waals surface area contributed by atoms with Gasteiger partial charge in [-0.3, -0.25) is 10.1 Å². The van der Waals surface area contributed by atoms with Gasteiger partial charge in [-0.1, -0.05) is 54.1 Å². The highest BCUT2D eigenvalue weighted by atomic mass is 35.5. The Morgan fingerprint density at radius 3 is 2.23 bits per heavy atom. The van der Waals surface area contributed by atoms with E-state index < -0.39 is 15.9 Å². The fraction of sp³-hybridized carbons (Fsp3) is 0.0909. The number of thiocarbonyl (C=S) groups is 1. The van der Waals surface area contributed by atoms with Gasteiger partial charge in [0.05, 0.1) is 15.5 Å². The van der Waals surface area contributed by atoms with Gasteiger partial charge in [0.1, 0.15) is 0 Å². The lowest BCUT2D eigenvalue weighted by Crippen LogP contribution is -2.34. The lowest BCUT2D eigenvalue weighted by Gasteiger charge is -2.18. The van der Waals surface area contributed by atoms with E-state index in [1.807, 2.05) is 30.3 Å². The number of hydrogen-bond donors (Lipinski definition) is 2. The molecule has 0 aliphatic rings. The van der Waals surface area contributed by atoms with Crippen molar-refractivity contribution in [1.82, 2.24) is 9.62 Å². The molecule has 0 saturated carbocycles. The van der Waals surface area contributed by atoms with Gasteiger partial charge < -0.3 is 5.32 Å². The van der Waals surface area contributed by atoms with E-state index in [1.54, 1.807) is 36.4 Å². The maximum atomic E-state index is 12.8. The van der Waals surface area contributed by atoms with E-state index in [1.165, 1.54) is 23.5 Å². The summed E-state index contributed by atoms with van der Waals surface area (Å²) in [4.78, 5) is 12.4. The quantitative estimate of drug-likeness (QED) is 0.522. The Morgan fingerprint density at radius 1 is 0.968 bits per heavy atom. The largest absolute Gasteiger partial charge is 0.332 e. The second kappa shape index (κ2) is 10.0. The summed E-state index contributed by atoms with van der Waals surface area (Å²) in [5.74, 6) is -0.440. The standard InChI is InChI=1S/C22H20ClN3O3S2/c1-26(15-16-7-3-2-4-8-16)31(28,29)18-13-11-17(12-14-18)24-22(30)25-21(27)19-9-5-6-10-20(19)23/h2-14H,15H2,1H3,(H2,24,25,27,30). The number of halogens is 1. The second-order valence-corrected chi connectivity index (χ2v) is 9.52. The van der Waals surface area contributed by atoms with Gasteiger partial charge in [-0.15, -0.1) is 0 Å². The van der Waals surface area contributed by atoms with Crippen molar-refractivity contribution in [2.45, 2.75) is 11.4 Å². The normalized spacial score (nSPS) is 11.2. The summed E-state index contributed by atoms with van der Waals surface area (Å²) in [6, 6.07) is 22.1. The van der Waals surface area contributed by atoms with E-state index in [9.17, 15) is 13.2 Å². The number of nitrogens with zero attached hydrogens (tertiary/aromatic N) is 1. The average Bonchev–Trinajstić information content (AvgIpc) is 2.75. The average molecular weight is 474 g/mol. The van der Waals surface area contributed by atoms with Crippen LogP contribution in [0.3, 0.4) is 0 Å². The first-order valence-corrected chi connectivity index (χ1v) is 11.5. The van der Waals surface area contributed by atoms with Crippen molar-refractivity contribution in [3.8, 4) is 0 Å². The maximum Gasteiger partial charge on any atom is 0.258 e. The Labute approximate surface area is 191 Å². The Kier molecular flexibility index (Phi) is 7.40. The van der Waals surface area contributed by atoms with Gasteiger partial charge in [0.2, 0.25) is 10.0 Å². The van der Waals surface area contributed by atoms with Crippen LogP contribution in [-0.4, -0.2) is 30.8 Å². The molecule has 0 aliphatic carbocycles. The summed E-state index contributed by atoms with van der Waals surface area (Å²) in [5.41, 5.74) is 1.73. The number of carbonyl (C=O) groups excluding carboxylic acids is 1. The zero-order valence-corrected chi connectivity index (χ0v) is 19.0. The van der Waals surface area contributed by atoms with Crippen molar-refractivity contribution in [3.63, 3.8) is 0 Å². The molecule has 3 rings (SSSR count). The maximum absolute atomic E-state index is 12.8.